The number of amides is 1. The molecule has 0 aliphatic heterocycles. The van der Waals surface area contributed by atoms with Crippen molar-refractivity contribution in [1.29, 1.82) is 0 Å². The second-order valence-corrected chi connectivity index (χ2v) is 5.60. The number of carbonyl (C=O) groups excluding carboxylic acids is 1. The Balaban J connectivity index is 2.04. The molecule has 0 saturated heterocycles. The van der Waals surface area contributed by atoms with E-state index in [9.17, 15) is 4.79 Å². The molecule has 1 amide bonds. The Morgan fingerprint density at radius 1 is 1.26 bits per heavy atom. The molecule has 6 heteroatoms. The molecule has 5 nitrogen and oxygen atoms in total. The van der Waals surface area contributed by atoms with Crippen LogP contribution >= 0.6 is 11.6 Å². The van der Waals surface area contributed by atoms with E-state index in [0.717, 1.165) is 11.1 Å². The second-order valence-electron chi connectivity index (χ2n) is 5.19. The van der Waals surface area contributed by atoms with Crippen LogP contribution in [0.15, 0.2) is 30.3 Å². The number of carbonyl (C=O) groups is 1. The zero-order chi connectivity index (χ0) is 17.0. The van der Waals surface area contributed by atoms with Crippen LogP contribution in [0.5, 0.6) is 11.5 Å². The first-order valence-electron chi connectivity index (χ1n) is 7.03. The minimum Gasteiger partial charge on any atom is -0.494 e. The van der Waals surface area contributed by atoms with E-state index in [-0.39, 0.29) is 12.5 Å². The van der Waals surface area contributed by atoms with Gasteiger partial charge in [-0.2, -0.15) is 0 Å². The first kappa shape index (κ1) is 17.0. The minimum absolute atomic E-state index is 0.156. The lowest BCUT2D eigenvalue weighted by Crippen LogP contribution is -2.21. The molecule has 0 aliphatic carbocycles. The lowest BCUT2D eigenvalue weighted by atomic mass is 10.1. The van der Waals surface area contributed by atoms with Crippen molar-refractivity contribution in [2.45, 2.75) is 13.8 Å². The fourth-order valence-electron chi connectivity index (χ4n) is 2.22. The fraction of sp³-hybridized carbons (Fsp3) is 0.235. The number of benzene rings is 2. The molecule has 0 aromatic heterocycles. The van der Waals surface area contributed by atoms with Gasteiger partial charge in [-0.05, 0) is 43.2 Å². The number of nitrogens with one attached hydrogen (secondary N) is 1. The Morgan fingerprint density at radius 2 is 2.00 bits per heavy atom. The highest BCUT2D eigenvalue weighted by Gasteiger charge is 2.12. The summed E-state index contributed by atoms with van der Waals surface area (Å²) in [5.41, 5.74) is 8.69. The van der Waals surface area contributed by atoms with E-state index in [4.69, 9.17) is 26.8 Å². The summed E-state index contributed by atoms with van der Waals surface area (Å²) < 4.78 is 10.7. The van der Waals surface area contributed by atoms with Gasteiger partial charge in [-0.1, -0.05) is 17.7 Å². The third kappa shape index (κ3) is 4.29. The average Bonchev–Trinajstić information content (AvgIpc) is 2.47. The van der Waals surface area contributed by atoms with Crippen LogP contribution in [0.4, 0.5) is 11.4 Å². The van der Waals surface area contributed by atoms with Gasteiger partial charge in [0.05, 0.1) is 17.8 Å². The SMILES string of the molecule is COc1cc(N)ccc1NC(=O)COc1c(C)cc(C)cc1Cl. The quantitative estimate of drug-likeness (QED) is 0.820. The number of anilines is 2. The van der Waals surface area contributed by atoms with E-state index in [1.54, 1.807) is 24.3 Å². The molecule has 122 valence electrons. The van der Waals surface area contributed by atoms with Crippen LogP contribution < -0.4 is 20.5 Å². The number of nitrogen functional groups attached to an aromatic ring is 1. The molecule has 0 atom stereocenters. The average molecular weight is 335 g/mol. The summed E-state index contributed by atoms with van der Waals surface area (Å²) in [6.07, 6.45) is 0. The number of hydrogen-bond donors (Lipinski definition) is 2. The van der Waals surface area contributed by atoms with Crippen LogP contribution in [-0.4, -0.2) is 19.6 Å². The van der Waals surface area contributed by atoms with Gasteiger partial charge in [0, 0.05) is 11.8 Å². The lowest BCUT2D eigenvalue weighted by Gasteiger charge is -2.13. The number of rotatable bonds is 5. The predicted molar refractivity (Wildman–Crippen MR) is 92.5 cm³/mol. The van der Waals surface area contributed by atoms with Crippen molar-refractivity contribution in [3.63, 3.8) is 0 Å². The van der Waals surface area contributed by atoms with Gasteiger partial charge in [-0.15, -0.1) is 0 Å². The van der Waals surface area contributed by atoms with Crippen molar-refractivity contribution in [1.82, 2.24) is 0 Å². The summed E-state index contributed by atoms with van der Waals surface area (Å²) in [6.45, 7) is 3.68. The van der Waals surface area contributed by atoms with Crippen molar-refractivity contribution >= 4 is 28.9 Å². The second kappa shape index (κ2) is 7.24. The maximum absolute atomic E-state index is 12.1. The zero-order valence-electron chi connectivity index (χ0n) is 13.3. The third-order valence-corrected chi connectivity index (χ3v) is 3.50. The molecule has 0 spiro atoms. The molecule has 2 rings (SSSR count). The summed E-state index contributed by atoms with van der Waals surface area (Å²) in [5.74, 6) is 0.684. The first-order valence-corrected chi connectivity index (χ1v) is 7.41. The molecule has 0 unspecified atom stereocenters. The van der Waals surface area contributed by atoms with E-state index in [1.807, 2.05) is 19.9 Å². The predicted octanol–water partition coefficient (Wildman–Crippen LogP) is 3.57. The standard InChI is InChI=1S/C17H19ClN2O3/c1-10-6-11(2)17(13(18)7-10)23-9-16(21)20-14-5-4-12(19)8-15(14)22-3/h4-8H,9,19H2,1-3H3,(H,20,21). The molecule has 0 bridgehead atoms. The van der Waals surface area contributed by atoms with Gasteiger partial charge < -0.3 is 20.5 Å². The summed E-state index contributed by atoms with van der Waals surface area (Å²) in [4.78, 5) is 12.1. The van der Waals surface area contributed by atoms with Crippen LogP contribution in [0.25, 0.3) is 0 Å². The van der Waals surface area contributed by atoms with Crippen LogP contribution in [0.3, 0.4) is 0 Å². The van der Waals surface area contributed by atoms with Crippen LogP contribution in [0, 0.1) is 13.8 Å². The number of hydrogen-bond acceptors (Lipinski definition) is 4. The molecule has 0 radical (unpaired) electrons. The van der Waals surface area contributed by atoms with E-state index >= 15 is 0 Å². The molecule has 0 heterocycles. The molecular formula is C17H19ClN2O3. The maximum Gasteiger partial charge on any atom is 0.262 e. The topological polar surface area (TPSA) is 73.6 Å². The first-order chi connectivity index (χ1) is 10.9. The van der Waals surface area contributed by atoms with Crippen molar-refractivity contribution in [2.75, 3.05) is 24.8 Å². The highest BCUT2D eigenvalue weighted by atomic mass is 35.5. The van der Waals surface area contributed by atoms with Gasteiger partial charge in [0.25, 0.3) is 5.91 Å². The van der Waals surface area contributed by atoms with Crippen LogP contribution in [0.2, 0.25) is 5.02 Å². The summed E-state index contributed by atoms with van der Waals surface area (Å²) in [7, 11) is 1.51. The molecule has 2 aromatic rings. The fourth-order valence-corrected chi connectivity index (χ4v) is 2.60. The van der Waals surface area contributed by atoms with Crippen molar-refractivity contribution < 1.29 is 14.3 Å². The Hall–Kier alpha value is -2.40. The van der Waals surface area contributed by atoms with Gasteiger partial charge in [-0.3, -0.25) is 4.79 Å². The minimum atomic E-state index is -0.316. The third-order valence-electron chi connectivity index (χ3n) is 3.22. The van der Waals surface area contributed by atoms with Gasteiger partial charge >= 0.3 is 0 Å². The largest absolute Gasteiger partial charge is 0.494 e. The number of aryl methyl sites for hydroxylation is 2. The number of halogens is 1. The van der Waals surface area contributed by atoms with Gasteiger partial charge in [0.2, 0.25) is 0 Å². The number of ether oxygens (including phenoxy) is 2. The van der Waals surface area contributed by atoms with Crippen molar-refractivity contribution in [2.24, 2.45) is 0 Å². The summed E-state index contributed by atoms with van der Waals surface area (Å²) in [6, 6.07) is 8.74. The maximum atomic E-state index is 12.1. The van der Waals surface area contributed by atoms with E-state index in [2.05, 4.69) is 5.32 Å². The number of nitrogens with two attached hydrogens (primary N) is 1. The van der Waals surface area contributed by atoms with Crippen molar-refractivity contribution in [3.05, 3.63) is 46.5 Å². The zero-order valence-corrected chi connectivity index (χ0v) is 14.0. The Morgan fingerprint density at radius 3 is 2.65 bits per heavy atom. The monoisotopic (exact) mass is 334 g/mol. The molecule has 0 aliphatic rings. The molecular weight excluding hydrogens is 316 g/mol. The lowest BCUT2D eigenvalue weighted by molar-refractivity contribution is -0.118. The van der Waals surface area contributed by atoms with Gasteiger partial charge in [0.1, 0.15) is 11.5 Å². The highest BCUT2D eigenvalue weighted by Crippen LogP contribution is 2.30. The Bertz CT molecular complexity index is 709. The van der Waals surface area contributed by atoms with Gasteiger partial charge in [0.15, 0.2) is 6.61 Å². The van der Waals surface area contributed by atoms with Crippen LogP contribution in [-0.2, 0) is 4.79 Å². The van der Waals surface area contributed by atoms with E-state index in [0.29, 0.717) is 27.9 Å². The molecule has 3 N–H and O–H groups in total. The van der Waals surface area contributed by atoms with E-state index < -0.39 is 0 Å². The van der Waals surface area contributed by atoms with Gasteiger partial charge in [-0.25, -0.2) is 0 Å². The molecule has 0 saturated carbocycles. The van der Waals surface area contributed by atoms with Crippen molar-refractivity contribution in [3.8, 4) is 11.5 Å². The van der Waals surface area contributed by atoms with E-state index in [1.165, 1.54) is 7.11 Å². The summed E-state index contributed by atoms with van der Waals surface area (Å²) in [5, 5.41) is 3.21. The number of methoxy groups -OCH3 is 1. The smallest absolute Gasteiger partial charge is 0.262 e. The summed E-state index contributed by atoms with van der Waals surface area (Å²) >= 11 is 6.15. The Labute approximate surface area is 140 Å². The molecule has 23 heavy (non-hydrogen) atoms. The molecule has 0 fully saturated rings. The molecule has 2 aromatic carbocycles. The highest BCUT2D eigenvalue weighted by molar-refractivity contribution is 6.32. The normalized spacial score (nSPS) is 10.3. The van der Waals surface area contributed by atoms with Crippen LogP contribution in [0.1, 0.15) is 11.1 Å². The Kier molecular flexibility index (Phi) is 5.34.